The second-order valence-electron chi connectivity index (χ2n) is 20.7. The number of benzene rings is 8. The molecule has 0 saturated heterocycles. The van der Waals surface area contributed by atoms with Crippen molar-refractivity contribution < 1.29 is 17.5 Å². The Hall–Kier alpha value is -8.02. The molecule has 0 fully saturated rings. The monoisotopic (exact) mass is 945 g/mol. The van der Waals surface area contributed by atoms with Crippen molar-refractivity contribution in [3.05, 3.63) is 223 Å². The molecule has 0 aliphatic rings. The van der Waals surface area contributed by atoms with Crippen LogP contribution in [0.5, 0.6) is 11.5 Å². The third kappa shape index (κ3) is 8.68. The first kappa shape index (κ1) is 39.7. The number of para-hydroxylation sites is 3. The van der Waals surface area contributed by atoms with Crippen LogP contribution in [-0.4, -0.2) is 14.1 Å². The SMILES string of the molecule is [2H]c1c([2H])c([2H])c(-c2cccc(-c3cc(C(C)(C)C)cc(C(C)(C)C)c3)c2-[n+]2[c-]n(-c3cccc(Oc4ccc5c6cc(-c7ccccc7)ccc6n(-c6cc(C([2H])(CC)CC)ccn6)c5c4)c3)c3ccccc32)c([2H])c1[2H]. The summed E-state index contributed by atoms with van der Waals surface area (Å²) in [7, 11) is 0. The molecule has 356 valence electrons. The fourth-order valence-corrected chi connectivity index (χ4v) is 10.0. The minimum Gasteiger partial charge on any atom is -0.458 e. The maximum Gasteiger partial charge on any atom is 0.269 e. The fourth-order valence-electron chi connectivity index (χ4n) is 10.0. The van der Waals surface area contributed by atoms with Gasteiger partial charge >= 0.3 is 0 Å². The molecular weight excluding hydrogens is 877 g/mol. The molecule has 0 N–H and O–H groups in total. The van der Waals surface area contributed by atoms with Gasteiger partial charge in [-0.2, -0.15) is 0 Å². The molecule has 0 atom stereocenters. The van der Waals surface area contributed by atoms with Gasteiger partial charge in [0.05, 0.1) is 40.3 Å². The van der Waals surface area contributed by atoms with Crippen LogP contribution in [0.2, 0.25) is 0 Å². The molecule has 0 saturated carbocycles. The highest BCUT2D eigenvalue weighted by molar-refractivity contribution is 6.10. The number of ether oxygens (including phenoxy) is 1. The Kier molecular flexibility index (Phi) is 10.3. The Morgan fingerprint density at radius 2 is 1.28 bits per heavy atom. The summed E-state index contributed by atoms with van der Waals surface area (Å²) in [6.07, 6.45) is 6.87. The van der Waals surface area contributed by atoms with Crippen molar-refractivity contribution >= 4 is 32.8 Å². The highest BCUT2D eigenvalue weighted by atomic mass is 16.5. The first-order valence-corrected chi connectivity index (χ1v) is 25.0. The van der Waals surface area contributed by atoms with E-state index in [0.717, 1.165) is 83.3 Å². The van der Waals surface area contributed by atoms with Crippen LogP contribution in [0, 0.1) is 6.33 Å². The topological polar surface area (TPSA) is 35.9 Å². The number of imidazole rings is 1. The Bertz CT molecular complexity index is 4080. The number of rotatable bonds is 11. The summed E-state index contributed by atoms with van der Waals surface area (Å²) in [6, 6.07) is 53.7. The number of nitrogens with zero attached hydrogens (tertiary/aromatic N) is 4. The number of aromatic nitrogens is 4. The summed E-state index contributed by atoms with van der Waals surface area (Å²) < 4.78 is 66.8. The van der Waals surface area contributed by atoms with Gasteiger partial charge in [-0.25, -0.2) is 4.98 Å². The zero-order valence-corrected chi connectivity index (χ0v) is 42.3. The quantitative estimate of drug-likeness (QED) is 0.0957. The van der Waals surface area contributed by atoms with Crippen LogP contribution in [0.15, 0.2) is 200 Å². The van der Waals surface area contributed by atoms with Gasteiger partial charge in [-0.1, -0.05) is 189 Å². The molecule has 0 spiro atoms. The summed E-state index contributed by atoms with van der Waals surface area (Å²) in [5, 5.41) is 2.12. The maximum absolute atomic E-state index is 9.34. The van der Waals surface area contributed by atoms with Crippen LogP contribution in [0.3, 0.4) is 0 Å². The molecule has 0 unspecified atom stereocenters. The Balaban J connectivity index is 1.07. The second kappa shape index (κ2) is 18.6. The third-order valence-electron chi connectivity index (χ3n) is 14.0. The van der Waals surface area contributed by atoms with E-state index in [-0.39, 0.29) is 28.5 Å². The van der Waals surface area contributed by atoms with Gasteiger partial charge in [-0.3, -0.25) is 13.7 Å². The van der Waals surface area contributed by atoms with Crippen molar-refractivity contribution in [1.29, 1.82) is 0 Å². The largest absolute Gasteiger partial charge is 0.458 e. The van der Waals surface area contributed by atoms with Crippen LogP contribution in [0.25, 0.3) is 83.4 Å². The Morgan fingerprint density at radius 3 is 2.01 bits per heavy atom. The van der Waals surface area contributed by atoms with E-state index in [1.165, 1.54) is 0 Å². The Labute approximate surface area is 433 Å². The third-order valence-corrected chi connectivity index (χ3v) is 14.0. The van der Waals surface area contributed by atoms with E-state index in [4.69, 9.17) is 13.8 Å². The molecule has 0 aliphatic carbocycles. The van der Waals surface area contributed by atoms with E-state index in [2.05, 4.69) is 145 Å². The molecular formula is C67H62N4O. The van der Waals surface area contributed by atoms with E-state index < -0.39 is 24.0 Å². The second-order valence-corrected chi connectivity index (χ2v) is 20.7. The molecule has 3 heterocycles. The molecule has 11 rings (SSSR count). The summed E-state index contributed by atoms with van der Waals surface area (Å²) in [4.78, 5) is 4.93. The highest BCUT2D eigenvalue weighted by Gasteiger charge is 2.25. The lowest BCUT2D eigenvalue weighted by Gasteiger charge is -2.27. The van der Waals surface area contributed by atoms with Gasteiger partial charge in [0.15, 0.2) is 0 Å². The van der Waals surface area contributed by atoms with Crippen LogP contribution in [0.1, 0.15) is 99.0 Å². The first-order valence-electron chi connectivity index (χ1n) is 28.0. The van der Waals surface area contributed by atoms with Crippen molar-refractivity contribution in [3.63, 3.8) is 0 Å². The summed E-state index contributed by atoms with van der Waals surface area (Å²) >= 11 is 0. The van der Waals surface area contributed by atoms with Crippen LogP contribution >= 0.6 is 0 Å². The minimum absolute atomic E-state index is 0.108. The average Bonchev–Trinajstić information content (AvgIpc) is 4.06. The van der Waals surface area contributed by atoms with Crippen molar-refractivity contribution in [2.45, 2.75) is 85.0 Å². The zero-order valence-electron chi connectivity index (χ0n) is 48.3. The fraction of sp³-hybridized carbons (Fsp3) is 0.194. The van der Waals surface area contributed by atoms with Crippen molar-refractivity contribution in [2.24, 2.45) is 0 Å². The van der Waals surface area contributed by atoms with Crippen molar-refractivity contribution in [1.82, 2.24) is 14.1 Å². The smallest absolute Gasteiger partial charge is 0.269 e. The summed E-state index contributed by atoms with van der Waals surface area (Å²) in [6.45, 7) is 17.4. The zero-order chi connectivity index (χ0) is 55.0. The molecule has 8 aromatic carbocycles. The van der Waals surface area contributed by atoms with E-state index in [1.807, 2.05) is 100 Å². The number of pyridine rings is 1. The summed E-state index contributed by atoms with van der Waals surface area (Å²) in [5.74, 6) is 1.20. The molecule has 0 radical (unpaired) electrons. The molecule has 3 aromatic heterocycles. The van der Waals surface area contributed by atoms with Crippen LogP contribution in [-0.2, 0) is 10.8 Å². The van der Waals surface area contributed by atoms with Gasteiger partial charge in [0.1, 0.15) is 17.3 Å². The maximum atomic E-state index is 9.34. The predicted octanol–water partition coefficient (Wildman–Crippen LogP) is 17.5. The van der Waals surface area contributed by atoms with Gasteiger partial charge in [0.25, 0.3) is 6.33 Å². The van der Waals surface area contributed by atoms with Gasteiger partial charge < -0.3 is 4.74 Å². The molecule has 11 aromatic rings. The lowest BCUT2D eigenvalue weighted by Crippen LogP contribution is -2.31. The number of hydrogen-bond donors (Lipinski definition) is 0. The normalized spacial score (nSPS) is 13.4. The van der Waals surface area contributed by atoms with Gasteiger partial charge in [0, 0.05) is 24.4 Å². The first-order chi connectivity index (χ1) is 37.3. The highest BCUT2D eigenvalue weighted by Crippen LogP contribution is 2.41. The van der Waals surface area contributed by atoms with E-state index in [1.54, 1.807) is 0 Å². The molecule has 5 nitrogen and oxygen atoms in total. The van der Waals surface area contributed by atoms with Crippen molar-refractivity contribution in [3.8, 4) is 62.1 Å². The standard InChI is InChI=1S/C67H62N4O/c1-9-45(10-2)49-35-36-68-64(40-49)71-60-34-31-48(46-21-13-11-14-22-46)39-59(60)58-33-32-55(43-63(58)71)72-54-26-19-25-53(42-54)69-44-70(62-30-18-17-29-61(62)69)65-56(47-23-15-12-16-24-47)27-20-28-57(65)50-37-51(66(3,4)5)41-52(38-50)67(6,7)8/h11-43,45H,9-10H2,1-8H3/i12D,15D,16D,23D,24D,45D. The number of hydrogen-bond acceptors (Lipinski definition) is 2. The van der Waals surface area contributed by atoms with Crippen LogP contribution < -0.4 is 9.30 Å². The lowest BCUT2D eigenvalue weighted by molar-refractivity contribution is -0.571. The summed E-state index contributed by atoms with van der Waals surface area (Å²) in [5.41, 5.74) is 12.3. The predicted molar refractivity (Wildman–Crippen MR) is 299 cm³/mol. The molecule has 5 heteroatoms. The van der Waals surface area contributed by atoms with Crippen molar-refractivity contribution in [2.75, 3.05) is 0 Å². The minimum atomic E-state index is -0.748. The lowest BCUT2D eigenvalue weighted by atomic mass is 9.78. The van der Waals surface area contributed by atoms with Gasteiger partial charge in [-0.15, -0.1) is 0 Å². The molecule has 0 aliphatic heterocycles. The average molecular weight is 945 g/mol. The molecule has 0 amide bonds. The van der Waals surface area contributed by atoms with Gasteiger partial charge in [-0.05, 0) is 134 Å². The van der Waals surface area contributed by atoms with Crippen LogP contribution in [0.4, 0.5) is 0 Å². The van der Waals surface area contributed by atoms with E-state index >= 15 is 0 Å². The molecule has 0 bridgehead atoms. The Morgan fingerprint density at radius 1 is 0.583 bits per heavy atom. The number of fused-ring (bicyclic) bond motifs is 4. The van der Waals surface area contributed by atoms with E-state index in [0.29, 0.717) is 35.6 Å². The molecule has 72 heavy (non-hydrogen) atoms. The van der Waals surface area contributed by atoms with Gasteiger partial charge in [0.2, 0.25) is 0 Å². The van der Waals surface area contributed by atoms with E-state index in [9.17, 15) is 4.11 Å².